The molecule has 0 heterocycles. The first-order valence-corrected chi connectivity index (χ1v) is 10.5. The fraction of sp³-hybridized carbons (Fsp3) is 0.263. The third-order valence-electron chi connectivity index (χ3n) is 3.77. The Hall–Kier alpha value is -2.38. The van der Waals surface area contributed by atoms with E-state index in [0.29, 0.717) is 21.8 Å². The Balaban J connectivity index is 2.05. The monoisotopic (exact) mass is 409 g/mol. The van der Waals surface area contributed by atoms with Gasteiger partial charge in [0.1, 0.15) is 0 Å². The van der Waals surface area contributed by atoms with Crippen LogP contribution in [-0.4, -0.2) is 32.7 Å². The number of esters is 1. The molecule has 144 valence electrons. The molecular weight excluding hydrogens is 390 g/mol. The van der Waals surface area contributed by atoms with E-state index < -0.39 is 27.8 Å². The third-order valence-corrected chi connectivity index (χ3v) is 5.04. The van der Waals surface area contributed by atoms with E-state index in [1.807, 2.05) is 0 Å². The lowest BCUT2D eigenvalue weighted by atomic mass is 10.1. The molecule has 0 fully saturated rings. The Labute approximate surface area is 163 Å². The van der Waals surface area contributed by atoms with Crippen LogP contribution in [0.4, 0.5) is 5.69 Å². The quantitative estimate of drug-likeness (QED) is 0.738. The second-order valence-electron chi connectivity index (χ2n) is 6.22. The topological polar surface area (TPSA) is 89.5 Å². The maximum Gasteiger partial charge on any atom is 0.338 e. The molecule has 0 saturated carbocycles. The molecule has 0 bridgehead atoms. The van der Waals surface area contributed by atoms with Crippen LogP contribution >= 0.6 is 11.6 Å². The van der Waals surface area contributed by atoms with Crippen molar-refractivity contribution in [3.8, 4) is 0 Å². The fourth-order valence-electron chi connectivity index (χ4n) is 2.35. The van der Waals surface area contributed by atoms with Gasteiger partial charge in [-0.05, 0) is 49.2 Å². The average Bonchev–Trinajstić information content (AvgIpc) is 2.57. The molecule has 0 saturated heterocycles. The number of rotatable bonds is 6. The van der Waals surface area contributed by atoms with Crippen LogP contribution in [0.2, 0.25) is 5.02 Å². The Morgan fingerprint density at radius 2 is 1.85 bits per heavy atom. The van der Waals surface area contributed by atoms with Gasteiger partial charge in [-0.3, -0.25) is 4.79 Å². The first-order chi connectivity index (χ1) is 12.6. The highest BCUT2D eigenvalue weighted by Crippen LogP contribution is 2.23. The van der Waals surface area contributed by atoms with E-state index in [1.165, 1.54) is 19.1 Å². The molecule has 0 aliphatic rings. The van der Waals surface area contributed by atoms with E-state index in [-0.39, 0.29) is 11.3 Å². The van der Waals surface area contributed by atoms with E-state index in [0.717, 1.165) is 6.26 Å². The summed E-state index contributed by atoms with van der Waals surface area (Å²) in [5.41, 5.74) is 1.89. The van der Waals surface area contributed by atoms with Crippen LogP contribution in [-0.2, 0) is 25.1 Å². The van der Waals surface area contributed by atoms with Crippen molar-refractivity contribution in [2.75, 3.05) is 11.6 Å². The van der Waals surface area contributed by atoms with Gasteiger partial charge in [0.05, 0.1) is 11.3 Å². The third kappa shape index (κ3) is 6.08. The summed E-state index contributed by atoms with van der Waals surface area (Å²) in [6.45, 7) is 3.22. The normalized spacial score (nSPS) is 12.3. The molecule has 2 aromatic carbocycles. The van der Waals surface area contributed by atoms with Crippen molar-refractivity contribution in [2.24, 2.45) is 0 Å². The minimum Gasteiger partial charge on any atom is -0.449 e. The van der Waals surface area contributed by atoms with Crippen molar-refractivity contribution in [3.05, 3.63) is 64.2 Å². The van der Waals surface area contributed by atoms with Gasteiger partial charge >= 0.3 is 5.97 Å². The summed E-state index contributed by atoms with van der Waals surface area (Å²) in [6, 6.07) is 11.2. The van der Waals surface area contributed by atoms with Crippen LogP contribution in [0.1, 0.15) is 28.4 Å². The van der Waals surface area contributed by atoms with E-state index in [1.54, 1.807) is 37.3 Å². The number of amides is 1. The summed E-state index contributed by atoms with van der Waals surface area (Å²) in [4.78, 5) is 24.6. The number of nitrogens with one attached hydrogen (secondary N) is 1. The van der Waals surface area contributed by atoms with E-state index >= 15 is 0 Å². The number of carbonyl (C=O) groups excluding carboxylic acids is 2. The average molecular weight is 410 g/mol. The first-order valence-electron chi connectivity index (χ1n) is 8.10. The van der Waals surface area contributed by atoms with Crippen molar-refractivity contribution in [1.82, 2.24) is 0 Å². The Morgan fingerprint density at radius 3 is 2.52 bits per heavy atom. The molecule has 2 aromatic rings. The maximum atomic E-state index is 12.3. The smallest absolute Gasteiger partial charge is 0.338 e. The Bertz CT molecular complexity index is 972. The van der Waals surface area contributed by atoms with Crippen LogP contribution in [0.3, 0.4) is 0 Å². The van der Waals surface area contributed by atoms with Crippen LogP contribution < -0.4 is 5.32 Å². The van der Waals surface area contributed by atoms with Gasteiger partial charge in [-0.25, -0.2) is 13.2 Å². The molecular formula is C19H20ClNO5S. The molecule has 1 amide bonds. The van der Waals surface area contributed by atoms with Crippen LogP contribution in [0, 0.1) is 6.92 Å². The van der Waals surface area contributed by atoms with Gasteiger partial charge in [0.2, 0.25) is 0 Å². The van der Waals surface area contributed by atoms with E-state index in [4.69, 9.17) is 16.3 Å². The number of sulfone groups is 1. The van der Waals surface area contributed by atoms with Crippen molar-refractivity contribution in [3.63, 3.8) is 0 Å². The van der Waals surface area contributed by atoms with Gasteiger partial charge < -0.3 is 10.1 Å². The second-order valence-corrected chi connectivity index (χ2v) is 8.77. The summed E-state index contributed by atoms with van der Waals surface area (Å²) in [5, 5.41) is 3.18. The van der Waals surface area contributed by atoms with Gasteiger partial charge in [0, 0.05) is 17.0 Å². The summed E-state index contributed by atoms with van der Waals surface area (Å²) in [6.07, 6.45) is 0.0665. The van der Waals surface area contributed by atoms with Crippen molar-refractivity contribution in [1.29, 1.82) is 0 Å². The number of halogens is 1. The van der Waals surface area contributed by atoms with Gasteiger partial charge in [0.25, 0.3) is 5.91 Å². The number of hydrogen-bond acceptors (Lipinski definition) is 5. The molecule has 1 atom stereocenters. The Kier molecular flexibility index (Phi) is 6.62. The van der Waals surface area contributed by atoms with Gasteiger partial charge in [-0.1, -0.05) is 29.8 Å². The predicted octanol–water partition coefficient (Wildman–Crippen LogP) is 3.38. The summed E-state index contributed by atoms with van der Waals surface area (Å²) in [7, 11) is -3.23. The lowest BCUT2D eigenvalue weighted by Crippen LogP contribution is -2.30. The molecule has 0 aliphatic carbocycles. The molecule has 8 heteroatoms. The van der Waals surface area contributed by atoms with Crippen molar-refractivity contribution >= 4 is 39.0 Å². The first kappa shape index (κ1) is 20.9. The largest absolute Gasteiger partial charge is 0.449 e. The molecule has 0 aliphatic heterocycles. The minimum absolute atomic E-state index is 0.176. The summed E-state index contributed by atoms with van der Waals surface area (Å²) in [5.74, 6) is -1.39. The minimum atomic E-state index is -3.23. The van der Waals surface area contributed by atoms with Crippen molar-refractivity contribution < 1.29 is 22.7 Å². The van der Waals surface area contributed by atoms with E-state index in [9.17, 15) is 18.0 Å². The summed E-state index contributed by atoms with van der Waals surface area (Å²) >= 11 is 6.02. The highest BCUT2D eigenvalue weighted by atomic mass is 35.5. The van der Waals surface area contributed by atoms with Crippen LogP contribution in [0.25, 0.3) is 0 Å². The molecule has 0 unspecified atom stereocenters. The second kappa shape index (κ2) is 8.54. The molecule has 27 heavy (non-hydrogen) atoms. The zero-order valence-corrected chi connectivity index (χ0v) is 16.7. The zero-order chi connectivity index (χ0) is 20.2. The number of hydrogen-bond donors (Lipinski definition) is 1. The Morgan fingerprint density at radius 1 is 1.19 bits per heavy atom. The number of anilines is 1. The van der Waals surface area contributed by atoms with Gasteiger partial charge in [0.15, 0.2) is 15.9 Å². The highest BCUT2D eigenvalue weighted by Gasteiger charge is 2.20. The lowest BCUT2D eigenvalue weighted by Gasteiger charge is -2.15. The molecule has 0 spiro atoms. The van der Waals surface area contributed by atoms with Crippen LogP contribution in [0.5, 0.6) is 0 Å². The number of ether oxygens (including phenoxy) is 1. The van der Waals surface area contributed by atoms with Gasteiger partial charge in [-0.15, -0.1) is 0 Å². The SMILES string of the molecule is Cc1c(Cl)cccc1NC(=O)[C@H](C)OC(=O)c1cccc(CS(C)(=O)=O)c1. The lowest BCUT2D eigenvalue weighted by molar-refractivity contribution is -0.123. The molecule has 0 aromatic heterocycles. The summed E-state index contributed by atoms with van der Waals surface area (Å²) < 4.78 is 28.0. The molecule has 0 radical (unpaired) electrons. The van der Waals surface area contributed by atoms with Gasteiger partial charge in [-0.2, -0.15) is 0 Å². The standard InChI is InChI=1S/C19H20ClNO5S/c1-12-16(20)8-5-9-17(12)21-18(22)13(2)26-19(23)15-7-4-6-14(10-15)11-27(3,24)25/h4-10,13H,11H2,1-3H3,(H,21,22)/t13-/m0/s1. The molecule has 2 rings (SSSR count). The predicted molar refractivity (Wildman–Crippen MR) is 105 cm³/mol. The number of carbonyl (C=O) groups is 2. The zero-order valence-electron chi connectivity index (χ0n) is 15.2. The molecule has 6 nitrogen and oxygen atoms in total. The van der Waals surface area contributed by atoms with Crippen molar-refractivity contribution in [2.45, 2.75) is 25.7 Å². The number of benzene rings is 2. The fourth-order valence-corrected chi connectivity index (χ4v) is 3.31. The molecule has 1 N–H and O–H groups in total. The maximum absolute atomic E-state index is 12.3. The highest BCUT2D eigenvalue weighted by molar-refractivity contribution is 7.89. The van der Waals surface area contributed by atoms with E-state index in [2.05, 4.69) is 5.32 Å². The van der Waals surface area contributed by atoms with Crippen LogP contribution in [0.15, 0.2) is 42.5 Å².